The minimum Gasteiger partial charge on any atom is -0.457 e. The number of carbonyl (C=O) groups is 1. The number of halogens is 1. The van der Waals surface area contributed by atoms with Gasteiger partial charge in [0.1, 0.15) is 17.5 Å². The fourth-order valence-corrected chi connectivity index (χ4v) is 4.23. The van der Waals surface area contributed by atoms with Crippen molar-refractivity contribution in [3.05, 3.63) is 53.6 Å². The van der Waals surface area contributed by atoms with E-state index in [1.165, 1.54) is 4.31 Å². The van der Waals surface area contributed by atoms with Gasteiger partial charge in [0.05, 0.1) is 31.7 Å². The van der Waals surface area contributed by atoms with Gasteiger partial charge in [-0.15, -0.1) is 0 Å². The number of hydrogen-bond donors (Lipinski definition) is 1. The predicted molar refractivity (Wildman–Crippen MR) is 116 cm³/mol. The molecule has 2 aromatic carbocycles. The Morgan fingerprint density at radius 1 is 1.13 bits per heavy atom. The van der Waals surface area contributed by atoms with E-state index in [2.05, 4.69) is 0 Å². The molecule has 162 valence electrons. The van der Waals surface area contributed by atoms with Crippen molar-refractivity contribution in [3.63, 3.8) is 0 Å². The second-order valence-corrected chi connectivity index (χ2v) is 9.25. The summed E-state index contributed by atoms with van der Waals surface area (Å²) in [4.78, 5) is 13.9. The smallest absolute Gasteiger partial charge is 0.236 e. The maximum Gasteiger partial charge on any atom is 0.236 e. The molecule has 0 aromatic heterocycles. The van der Waals surface area contributed by atoms with Crippen molar-refractivity contribution in [2.24, 2.45) is 5.73 Å². The van der Waals surface area contributed by atoms with Crippen LogP contribution < -0.4 is 14.8 Å². The number of ether oxygens (including phenoxy) is 2. The van der Waals surface area contributed by atoms with Crippen LogP contribution in [0.2, 0.25) is 5.02 Å². The number of rotatable bonds is 8. The molecular formula is C20H24ClN3O5S. The molecule has 1 fully saturated rings. The third-order valence-corrected chi connectivity index (χ3v) is 6.14. The summed E-state index contributed by atoms with van der Waals surface area (Å²) < 4.78 is 37.2. The molecule has 1 aliphatic rings. The van der Waals surface area contributed by atoms with Gasteiger partial charge in [-0.25, -0.2) is 8.42 Å². The molecule has 0 unspecified atom stereocenters. The molecule has 3 rings (SSSR count). The molecule has 2 N–H and O–H groups in total. The molecule has 0 bridgehead atoms. The van der Waals surface area contributed by atoms with Gasteiger partial charge in [-0.1, -0.05) is 11.6 Å². The highest BCUT2D eigenvalue weighted by atomic mass is 35.5. The Hall–Kier alpha value is -2.33. The van der Waals surface area contributed by atoms with Crippen LogP contribution in [-0.2, 0) is 19.6 Å². The van der Waals surface area contributed by atoms with Crippen LogP contribution in [0.25, 0.3) is 0 Å². The molecule has 1 amide bonds. The first-order chi connectivity index (χ1) is 14.2. The molecule has 1 atom stereocenters. The Morgan fingerprint density at radius 3 is 2.17 bits per heavy atom. The van der Waals surface area contributed by atoms with Gasteiger partial charge in [0.2, 0.25) is 15.9 Å². The Kier molecular flexibility index (Phi) is 7.19. The van der Waals surface area contributed by atoms with Crippen LogP contribution in [0.1, 0.15) is 0 Å². The molecule has 10 heteroatoms. The van der Waals surface area contributed by atoms with Crippen molar-refractivity contribution < 1.29 is 22.7 Å². The summed E-state index contributed by atoms with van der Waals surface area (Å²) in [5.41, 5.74) is 6.00. The van der Waals surface area contributed by atoms with Crippen LogP contribution in [0.5, 0.6) is 11.5 Å². The number of carbonyl (C=O) groups excluding carboxylic acids is 1. The van der Waals surface area contributed by atoms with Crippen molar-refractivity contribution in [2.75, 3.05) is 43.4 Å². The summed E-state index contributed by atoms with van der Waals surface area (Å²) in [5, 5.41) is 0.603. The van der Waals surface area contributed by atoms with E-state index in [4.69, 9.17) is 26.8 Å². The molecule has 1 saturated heterocycles. The summed E-state index contributed by atoms with van der Waals surface area (Å²) >= 11 is 5.87. The van der Waals surface area contributed by atoms with Crippen molar-refractivity contribution in [3.8, 4) is 11.5 Å². The number of sulfonamides is 1. The first-order valence-corrected chi connectivity index (χ1v) is 11.6. The number of anilines is 1. The van der Waals surface area contributed by atoms with Crippen LogP contribution in [0.15, 0.2) is 48.5 Å². The van der Waals surface area contributed by atoms with Gasteiger partial charge >= 0.3 is 0 Å². The zero-order valence-corrected chi connectivity index (χ0v) is 18.1. The van der Waals surface area contributed by atoms with Gasteiger partial charge in [0, 0.05) is 18.1 Å². The van der Waals surface area contributed by atoms with Crippen molar-refractivity contribution in [2.45, 2.75) is 6.04 Å². The fourth-order valence-electron chi connectivity index (χ4n) is 3.18. The van der Waals surface area contributed by atoms with E-state index in [-0.39, 0.29) is 6.54 Å². The first-order valence-electron chi connectivity index (χ1n) is 9.36. The number of benzene rings is 2. The van der Waals surface area contributed by atoms with Crippen LogP contribution in [0.4, 0.5) is 5.69 Å². The third-order valence-electron chi connectivity index (χ3n) is 4.73. The molecule has 8 nitrogen and oxygen atoms in total. The Morgan fingerprint density at radius 2 is 1.67 bits per heavy atom. The van der Waals surface area contributed by atoms with Gasteiger partial charge in [0.15, 0.2) is 0 Å². The van der Waals surface area contributed by atoms with Crippen LogP contribution in [-0.4, -0.2) is 64.4 Å². The van der Waals surface area contributed by atoms with Crippen molar-refractivity contribution >= 4 is 33.2 Å². The standard InChI is InChI=1S/C20H24ClN3O5S/c1-30(26,27)24(14-19(20(22)25)23-10-12-28-13-11-23)16-4-8-18(9-5-16)29-17-6-2-15(21)3-7-17/h2-9,19H,10-14H2,1H3,(H2,22,25)/t19-/m0/s1. The molecular weight excluding hydrogens is 430 g/mol. The number of morpholine rings is 1. The van der Waals surface area contributed by atoms with Gasteiger partial charge < -0.3 is 15.2 Å². The Labute approximate surface area is 181 Å². The molecule has 0 aliphatic carbocycles. The van der Waals surface area contributed by atoms with Gasteiger partial charge in [-0.2, -0.15) is 0 Å². The quantitative estimate of drug-likeness (QED) is 0.656. The third kappa shape index (κ3) is 5.85. The second kappa shape index (κ2) is 9.65. The summed E-state index contributed by atoms with van der Waals surface area (Å²) in [5.74, 6) is 0.565. The maximum absolute atomic E-state index is 12.5. The van der Waals surface area contributed by atoms with Crippen LogP contribution in [0.3, 0.4) is 0 Å². The Bertz CT molecular complexity index is 961. The van der Waals surface area contributed by atoms with Crippen molar-refractivity contribution in [1.29, 1.82) is 0 Å². The average molecular weight is 454 g/mol. The van der Waals surface area contributed by atoms with E-state index in [1.54, 1.807) is 48.5 Å². The van der Waals surface area contributed by atoms with E-state index in [0.29, 0.717) is 48.5 Å². The highest BCUT2D eigenvalue weighted by molar-refractivity contribution is 7.92. The highest BCUT2D eigenvalue weighted by Gasteiger charge is 2.31. The number of primary amides is 1. The van der Waals surface area contributed by atoms with Crippen molar-refractivity contribution in [1.82, 2.24) is 4.90 Å². The minimum atomic E-state index is -3.65. The largest absolute Gasteiger partial charge is 0.457 e. The summed E-state index contributed by atoms with van der Waals surface area (Å²) in [7, 11) is -3.65. The molecule has 0 radical (unpaired) electrons. The predicted octanol–water partition coefficient (Wildman–Crippen LogP) is 2.08. The van der Waals surface area contributed by atoms with Crippen LogP contribution in [0, 0.1) is 0 Å². The Balaban J connectivity index is 1.79. The number of hydrogen-bond acceptors (Lipinski definition) is 6. The van der Waals surface area contributed by atoms with E-state index >= 15 is 0 Å². The zero-order chi connectivity index (χ0) is 21.7. The molecule has 2 aromatic rings. The summed E-state index contributed by atoms with van der Waals surface area (Å²) in [6, 6.07) is 12.7. The molecule has 1 aliphatic heterocycles. The van der Waals surface area contributed by atoms with E-state index in [9.17, 15) is 13.2 Å². The lowest BCUT2D eigenvalue weighted by molar-refractivity contribution is -0.124. The average Bonchev–Trinajstić information content (AvgIpc) is 2.71. The molecule has 0 spiro atoms. The zero-order valence-electron chi connectivity index (χ0n) is 16.5. The lowest BCUT2D eigenvalue weighted by Gasteiger charge is -2.35. The van der Waals surface area contributed by atoms with Gasteiger partial charge in [-0.05, 0) is 48.5 Å². The molecule has 30 heavy (non-hydrogen) atoms. The SMILES string of the molecule is CS(=O)(=O)N(C[C@@H](C(N)=O)N1CCOCC1)c1ccc(Oc2ccc(Cl)cc2)cc1. The number of nitrogens with two attached hydrogens (primary N) is 1. The summed E-state index contributed by atoms with van der Waals surface area (Å²) in [6.07, 6.45) is 1.10. The molecule has 0 saturated carbocycles. The molecule has 1 heterocycles. The monoisotopic (exact) mass is 453 g/mol. The fraction of sp³-hybridized carbons (Fsp3) is 0.350. The topological polar surface area (TPSA) is 102 Å². The van der Waals surface area contributed by atoms with Crippen LogP contribution >= 0.6 is 11.6 Å². The van der Waals surface area contributed by atoms with E-state index in [1.807, 2.05) is 4.90 Å². The lowest BCUT2D eigenvalue weighted by Crippen LogP contribution is -2.55. The van der Waals surface area contributed by atoms with Gasteiger partial charge in [-0.3, -0.25) is 14.0 Å². The maximum atomic E-state index is 12.5. The van der Waals surface area contributed by atoms with E-state index in [0.717, 1.165) is 6.26 Å². The second-order valence-electron chi connectivity index (χ2n) is 6.91. The normalized spacial score (nSPS) is 16.1. The first kappa shape index (κ1) is 22.4. The highest BCUT2D eigenvalue weighted by Crippen LogP contribution is 2.27. The number of nitrogens with zero attached hydrogens (tertiary/aromatic N) is 2. The van der Waals surface area contributed by atoms with Gasteiger partial charge in [0.25, 0.3) is 0 Å². The number of amides is 1. The minimum absolute atomic E-state index is 0.0778. The summed E-state index contributed by atoms with van der Waals surface area (Å²) in [6.45, 7) is 1.89. The lowest BCUT2D eigenvalue weighted by atomic mass is 10.2. The van der Waals surface area contributed by atoms with E-state index < -0.39 is 22.0 Å².